The van der Waals surface area contributed by atoms with Crippen molar-refractivity contribution in [2.45, 2.75) is 63.1 Å². The number of carbonyl (C=O) groups is 2. The van der Waals surface area contributed by atoms with Crippen molar-refractivity contribution in [1.82, 2.24) is 10.2 Å². The third kappa shape index (κ3) is 7.16. The molecule has 2 amide bonds. The smallest absolute Gasteiger partial charge is 0.264 e. The van der Waals surface area contributed by atoms with Gasteiger partial charge in [0.05, 0.1) is 10.6 Å². The first-order valence-corrected chi connectivity index (χ1v) is 15.4. The van der Waals surface area contributed by atoms with E-state index in [1.165, 1.54) is 35.2 Å². The SMILES string of the molecule is Cc1ccccc1CN(C(=O)CN(c1cc(Cl)cc(Cl)c1)S(=O)(=O)c1ccccc1)C(C)C(=O)NC1CCCC1. The van der Waals surface area contributed by atoms with Crippen molar-refractivity contribution in [1.29, 1.82) is 0 Å². The molecule has 3 aromatic carbocycles. The fourth-order valence-electron chi connectivity index (χ4n) is 4.88. The van der Waals surface area contributed by atoms with Gasteiger partial charge in [-0.15, -0.1) is 0 Å². The molecule has 10 heteroatoms. The van der Waals surface area contributed by atoms with E-state index in [0.29, 0.717) is 0 Å². The van der Waals surface area contributed by atoms with Crippen molar-refractivity contribution in [3.63, 3.8) is 0 Å². The fraction of sp³-hybridized carbons (Fsp3) is 0.333. The number of hydrogen-bond acceptors (Lipinski definition) is 4. The van der Waals surface area contributed by atoms with Crippen molar-refractivity contribution < 1.29 is 18.0 Å². The first-order chi connectivity index (χ1) is 19.1. The van der Waals surface area contributed by atoms with Crippen LogP contribution < -0.4 is 9.62 Å². The standard InChI is InChI=1S/C30H33Cl2N3O4S/c1-21-10-6-7-11-23(21)19-34(22(2)30(37)33-26-12-8-9-13-26)29(36)20-35(27-17-24(31)16-25(32)18-27)40(38,39)28-14-4-3-5-15-28/h3-7,10-11,14-18,22,26H,8-9,12-13,19-20H2,1-2H3,(H,33,37). The molecule has 1 N–H and O–H groups in total. The summed E-state index contributed by atoms with van der Waals surface area (Å²) in [6, 6.07) is 19.1. The third-order valence-corrected chi connectivity index (χ3v) is 9.44. The summed E-state index contributed by atoms with van der Waals surface area (Å²) in [6.07, 6.45) is 3.92. The molecule has 0 aliphatic heterocycles. The molecule has 4 rings (SSSR count). The van der Waals surface area contributed by atoms with Crippen LogP contribution in [0.2, 0.25) is 10.0 Å². The first kappa shape index (κ1) is 29.9. The summed E-state index contributed by atoms with van der Waals surface area (Å²) < 4.78 is 28.7. The van der Waals surface area contributed by atoms with E-state index in [4.69, 9.17) is 23.2 Å². The van der Waals surface area contributed by atoms with Gasteiger partial charge in [-0.1, -0.05) is 78.5 Å². The Morgan fingerprint density at radius 2 is 1.55 bits per heavy atom. The minimum atomic E-state index is -4.19. The Kier molecular flexibility index (Phi) is 9.77. The normalized spacial score (nSPS) is 14.5. The third-order valence-electron chi connectivity index (χ3n) is 7.22. The van der Waals surface area contributed by atoms with Gasteiger partial charge in [-0.3, -0.25) is 13.9 Å². The number of nitrogens with one attached hydrogen (secondary N) is 1. The van der Waals surface area contributed by atoms with E-state index < -0.39 is 28.5 Å². The topological polar surface area (TPSA) is 86.8 Å². The van der Waals surface area contributed by atoms with Gasteiger partial charge in [0.25, 0.3) is 10.0 Å². The van der Waals surface area contributed by atoms with Crippen molar-refractivity contribution in [3.05, 3.63) is 94.0 Å². The monoisotopic (exact) mass is 601 g/mol. The van der Waals surface area contributed by atoms with Gasteiger partial charge in [-0.2, -0.15) is 0 Å². The number of halogens is 2. The van der Waals surface area contributed by atoms with Gasteiger partial charge in [0.15, 0.2) is 0 Å². The number of anilines is 1. The summed E-state index contributed by atoms with van der Waals surface area (Å²) in [4.78, 5) is 28.8. The highest BCUT2D eigenvalue weighted by atomic mass is 35.5. The summed E-state index contributed by atoms with van der Waals surface area (Å²) in [7, 11) is -4.19. The number of aryl methyl sites for hydroxylation is 1. The molecule has 0 bridgehead atoms. The van der Waals surface area contributed by atoms with E-state index >= 15 is 0 Å². The Morgan fingerprint density at radius 3 is 2.17 bits per heavy atom. The fourth-order valence-corrected chi connectivity index (χ4v) is 6.81. The molecule has 3 aromatic rings. The number of benzene rings is 3. The molecular weight excluding hydrogens is 569 g/mol. The van der Waals surface area contributed by atoms with Crippen LogP contribution in [0, 0.1) is 6.92 Å². The number of rotatable bonds is 10. The molecule has 7 nitrogen and oxygen atoms in total. The molecule has 212 valence electrons. The molecule has 1 saturated carbocycles. The van der Waals surface area contributed by atoms with Crippen LogP contribution in [0.3, 0.4) is 0 Å². The van der Waals surface area contributed by atoms with E-state index in [0.717, 1.165) is 41.1 Å². The van der Waals surface area contributed by atoms with E-state index in [1.807, 2.05) is 31.2 Å². The Labute approximate surface area is 246 Å². The lowest BCUT2D eigenvalue weighted by Crippen LogP contribution is -2.52. The number of nitrogens with zero attached hydrogens (tertiary/aromatic N) is 2. The second kappa shape index (κ2) is 13.1. The summed E-state index contributed by atoms with van der Waals surface area (Å²) in [6.45, 7) is 3.19. The van der Waals surface area contributed by atoms with Gasteiger partial charge in [-0.05, 0) is 68.1 Å². The molecule has 0 saturated heterocycles. The molecule has 1 atom stereocenters. The predicted molar refractivity (Wildman–Crippen MR) is 159 cm³/mol. The van der Waals surface area contributed by atoms with E-state index in [-0.39, 0.29) is 39.1 Å². The Balaban J connectivity index is 1.71. The largest absolute Gasteiger partial charge is 0.352 e. The highest BCUT2D eigenvalue weighted by Crippen LogP contribution is 2.30. The Bertz CT molecular complexity index is 1440. The van der Waals surface area contributed by atoms with Crippen LogP contribution in [0.4, 0.5) is 5.69 Å². The maximum Gasteiger partial charge on any atom is 0.264 e. The second-order valence-corrected chi connectivity index (χ2v) is 12.8. The van der Waals surface area contributed by atoms with Gasteiger partial charge < -0.3 is 10.2 Å². The van der Waals surface area contributed by atoms with Crippen LogP contribution in [-0.2, 0) is 26.2 Å². The van der Waals surface area contributed by atoms with Crippen LogP contribution in [0.25, 0.3) is 0 Å². The van der Waals surface area contributed by atoms with E-state index in [1.54, 1.807) is 25.1 Å². The molecule has 1 fully saturated rings. The minimum Gasteiger partial charge on any atom is -0.352 e. The lowest BCUT2D eigenvalue weighted by Gasteiger charge is -2.33. The highest BCUT2D eigenvalue weighted by molar-refractivity contribution is 7.92. The van der Waals surface area contributed by atoms with Crippen LogP contribution in [-0.4, -0.2) is 43.8 Å². The van der Waals surface area contributed by atoms with Crippen LogP contribution in [0.5, 0.6) is 0 Å². The Morgan fingerprint density at radius 1 is 0.950 bits per heavy atom. The Hall–Kier alpha value is -3.07. The van der Waals surface area contributed by atoms with Gasteiger partial charge in [0.2, 0.25) is 11.8 Å². The molecular formula is C30H33Cl2N3O4S. The maximum absolute atomic E-state index is 14.0. The number of sulfonamides is 1. The van der Waals surface area contributed by atoms with Gasteiger partial charge in [0.1, 0.15) is 12.6 Å². The van der Waals surface area contributed by atoms with Crippen molar-refractivity contribution in [2.24, 2.45) is 0 Å². The van der Waals surface area contributed by atoms with Gasteiger partial charge >= 0.3 is 0 Å². The lowest BCUT2D eigenvalue weighted by molar-refractivity contribution is -0.139. The summed E-state index contributed by atoms with van der Waals surface area (Å²) >= 11 is 12.5. The average molecular weight is 603 g/mol. The molecule has 0 aromatic heterocycles. The molecule has 0 heterocycles. The van der Waals surface area contributed by atoms with Gasteiger partial charge in [0, 0.05) is 22.6 Å². The quantitative estimate of drug-likeness (QED) is 0.310. The molecule has 0 radical (unpaired) electrons. The molecule has 1 unspecified atom stereocenters. The zero-order valence-electron chi connectivity index (χ0n) is 22.5. The van der Waals surface area contributed by atoms with Crippen LogP contribution in [0.15, 0.2) is 77.7 Å². The molecule has 1 aliphatic carbocycles. The summed E-state index contributed by atoms with van der Waals surface area (Å²) in [5.41, 5.74) is 1.97. The number of hydrogen-bond donors (Lipinski definition) is 1. The maximum atomic E-state index is 14.0. The minimum absolute atomic E-state index is 0.0105. The van der Waals surface area contributed by atoms with Crippen molar-refractivity contribution >= 4 is 50.7 Å². The lowest BCUT2D eigenvalue weighted by atomic mass is 10.1. The highest BCUT2D eigenvalue weighted by Gasteiger charge is 2.33. The zero-order valence-corrected chi connectivity index (χ0v) is 24.8. The van der Waals surface area contributed by atoms with Crippen LogP contribution >= 0.6 is 23.2 Å². The second-order valence-electron chi connectivity index (χ2n) is 10.1. The molecule has 0 spiro atoms. The van der Waals surface area contributed by atoms with E-state index in [2.05, 4.69) is 5.32 Å². The van der Waals surface area contributed by atoms with Crippen LogP contribution in [0.1, 0.15) is 43.7 Å². The van der Waals surface area contributed by atoms with Crippen molar-refractivity contribution in [2.75, 3.05) is 10.8 Å². The predicted octanol–water partition coefficient (Wildman–Crippen LogP) is 5.97. The number of carbonyl (C=O) groups excluding carboxylic acids is 2. The van der Waals surface area contributed by atoms with Gasteiger partial charge in [-0.25, -0.2) is 8.42 Å². The zero-order chi connectivity index (χ0) is 28.9. The van der Waals surface area contributed by atoms with E-state index in [9.17, 15) is 18.0 Å². The van der Waals surface area contributed by atoms with Crippen molar-refractivity contribution in [3.8, 4) is 0 Å². The average Bonchev–Trinajstić information content (AvgIpc) is 3.43. The summed E-state index contributed by atoms with van der Waals surface area (Å²) in [5.74, 6) is -0.801. The summed E-state index contributed by atoms with van der Waals surface area (Å²) in [5, 5.41) is 3.52. The molecule has 1 aliphatic rings. The molecule has 40 heavy (non-hydrogen) atoms. The first-order valence-electron chi connectivity index (χ1n) is 13.2. The number of amides is 2.